The molecule has 96 valence electrons. The standard InChI is InChI=1S/C12H19BrN2OS/c1-2-10-7-16-4-3-15(10)11(6-14)12-5-9(13)8-17-12/h5,8,10-11H,2-4,6-7,14H2,1H3. The van der Waals surface area contributed by atoms with Crippen molar-refractivity contribution in [3.05, 3.63) is 20.8 Å². The quantitative estimate of drug-likeness (QED) is 0.927. The Balaban J connectivity index is 2.16. The molecule has 5 heteroatoms. The normalized spacial score (nSPS) is 23.8. The fraction of sp³-hybridized carbons (Fsp3) is 0.667. The Kier molecular flexibility index (Phi) is 4.99. The summed E-state index contributed by atoms with van der Waals surface area (Å²) >= 11 is 5.29. The van der Waals surface area contributed by atoms with Crippen molar-refractivity contribution < 1.29 is 4.74 Å². The Bertz CT molecular complexity index is 358. The van der Waals surface area contributed by atoms with Gasteiger partial charge in [-0.15, -0.1) is 11.3 Å². The Morgan fingerprint density at radius 1 is 1.71 bits per heavy atom. The van der Waals surface area contributed by atoms with E-state index in [1.165, 1.54) is 4.88 Å². The van der Waals surface area contributed by atoms with Crippen molar-refractivity contribution in [2.75, 3.05) is 26.3 Å². The van der Waals surface area contributed by atoms with E-state index >= 15 is 0 Å². The van der Waals surface area contributed by atoms with E-state index in [0.717, 1.165) is 30.7 Å². The van der Waals surface area contributed by atoms with Gasteiger partial charge in [0.1, 0.15) is 0 Å². The summed E-state index contributed by atoms with van der Waals surface area (Å²) in [5, 5.41) is 2.12. The summed E-state index contributed by atoms with van der Waals surface area (Å²) in [6, 6.07) is 3.02. The monoisotopic (exact) mass is 318 g/mol. The number of hydrogen-bond acceptors (Lipinski definition) is 4. The summed E-state index contributed by atoms with van der Waals surface area (Å²) in [4.78, 5) is 3.85. The van der Waals surface area contributed by atoms with Crippen LogP contribution in [0.25, 0.3) is 0 Å². The van der Waals surface area contributed by atoms with E-state index in [1.54, 1.807) is 11.3 Å². The van der Waals surface area contributed by atoms with Crippen LogP contribution >= 0.6 is 27.3 Å². The lowest BCUT2D eigenvalue weighted by molar-refractivity contribution is -0.0284. The first-order valence-corrected chi connectivity index (χ1v) is 7.71. The highest BCUT2D eigenvalue weighted by Crippen LogP contribution is 2.31. The summed E-state index contributed by atoms with van der Waals surface area (Å²) in [5.41, 5.74) is 5.97. The van der Waals surface area contributed by atoms with Gasteiger partial charge in [-0.3, -0.25) is 4.90 Å². The number of nitrogens with zero attached hydrogens (tertiary/aromatic N) is 1. The van der Waals surface area contributed by atoms with E-state index < -0.39 is 0 Å². The first kappa shape index (κ1) is 13.5. The van der Waals surface area contributed by atoms with Crippen LogP contribution in [-0.4, -0.2) is 37.2 Å². The van der Waals surface area contributed by atoms with Crippen molar-refractivity contribution >= 4 is 27.3 Å². The Labute approximate surface area is 115 Å². The third kappa shape index (κ3) is 3.09. The van der Waals surface area contributed by atoms with Gasteiger partial charge in [0, 0.05) is 33.9 Å². The zero-order valence-corrected chi connectivity index (χ0v) is 12.5. The van der Waals surface area contributed by atoms with Crippen molar-refractivity contribution in [3.63, 3.8) is 0 Å². The van der Waals surface area contributed by atoms with Crippen molar-refractivity contribution in [1.82, 2.24) is 4.90 Å². The maximum absolute atomic E-state index is 5.97. The number of morpholine rings is 1. The van der Waals surface area contributed by atoms with Crippen molar-refractivity contribution in [3.8, 4) is 0 Å². The third-order valence-electron chi connectivity index (χ3n) is 3.28. The van der Waals surface area contributed by atoms with Gasteiger partial charge in [-0.25, -0.2) is 0 Å². The molecule has 0 amide bonds. The molecule has 1 aliphatic heterocycles. The second-order valence-corrected chi connectivity index (χ2v) is 6.15. The molecule has 2 heterocycles. The van der Waals surface area contributed by atoms with Gasteiger partial charge in [-0.2, -0.15) is 0 Å². The van der Waals surface area contributed by atoms with Gasteiger partial charge in [0.15, 0.2) is 0 Å². The van der Waals surface area contributed by atoms with Gasteiger partial charge in [0.25, 0.3) is 0 Å². The molecule has 2 unspecified atom stereocenters. The molecule has 2 N–H and O–H groups in total. The molecule has 0 aromatic carbocycles. The minimum Gasteiger partial charge on any atom is -0.378 e. The van der Waals surface area contributed by atoms with E-state index in [4.69, 9.17) is 10.5 Å². The molecule has 17 heavy (non-hydrogen) atoms. The molecular weight excluding hydrogens is 300 g/mol. The highest BCUT2D eigenvalue weighted by molar-refractivity contribution is 9.10. The number of halogens is 1. The number of hydrogen-bond donors (Lipinski definition) is 1. The van der Waals surface area contributed by atoms with Gasteiger partial charge in [-0.05, 0) is 28.4 Å². The maximum atomic E-state index is 5.97. The SMILES string of the molecule is CCC1COCCN1C(CN)c1cc(Br)cs1. The number of rotatable bonds is 4. The van der Waals surface area contributed by atoms with Crippen LogP contribution in [0.3, 0.4) is 0 Å². The Morgan fingerprint density at radius 3 is 3.12 bits per heavy atom. The maximum Gasteiger partial charge on any atom is 0.0622 e. The topological polar surface area (TPSA) is 38.5 Å². The molecule has 0 saturated carbocycles. The first-order chi connectivity index (χ1) is 8.26. The van der Waals surface area contributed by atoms with Gasteiger partial charge in [-0.1, -0.05) is 6.92 Å². The fourth-order valence-corrected chi connectivity index (χ4v) is 3.93. The van der Waals surface area contributed by atoms with Gasteiger partial charge in [0.2, 0.25) is 0 Å². The number of thiophene rings is 1. The molecule has 1 aromatic heterocycles. The van der Waals surface area contributed by atoms with E-state index in [9.17, 15) is 0 Å². The Morgan fingerprint density at radius 2 is 2.53 bits per heavy atom. The number of nitrogens with two attached hydrogens (primary N) is 1. The molecule has 0 aliphatic carbocycles. The molecule has 3 nitrogen and oxygen atoms in total. The van der Waals surface area contributed by atoms with Crippen LogP contribution < -0.4 is 5.73 Å². The van der Waals surface area contributed by atoms with Crippen LogP contribution in [0.5, 0.6) is 0 Å². The minimum absolute atomic E-state index is 0.333. The molecule has 0 radical (unpaired) electrons. The van der Waals surface area contributed by atoms with Gasteiger partial charge < -0.3 is 10.5 Å². The van der Waals surface area contributed by atoms with Crippen LogP contribution in [0.1, 0.15) is 24.3 Å². The summed E-state index contributed by atoms with van der Waals surface area (Å²) in [7, 11) is 0. The van der Waals surface area contributed by atoms with E-state index in [2.05, 4.69) is 39.2 Å². The van der Waals surface area contributed by atoms with Crippen molar-refractivity contribution in [1.29, 1.82) is 0 Å². The van der Waals surface area contributed by atoms with Crippen molar-refractivity contribution in [2.45, 2.75) is 25.4 Å². The summed E-state index contributed by atoms with van der Waals surface area (Å²) in [6.07, 6.45) is 1.11. The molecule has 1 saturated heterocycles. The lowest BCUT2D eigenvalue weighted by atomic mass is 10.1. The van der Waals surface area contributed by atoms with Crippen LogP contribution in [0, 0.1) is 0 Å². The first-order valence-electron chi connectivity index (χ1n) is 6.03. The zero-order valence-electron chi connectivity index (χ0n) is 10.1. The van der Waals surface area contributed by atoms with E-state index in [1.807, 2.05) is 0 Å². The van der Waals surface area contributed by atoms with Crippen LogP contribution in [0.15, 0.2) is 15.9 Å². The molecule has 1 aliphatic rings. The largest absolute Gasteiger partial charge is 0.378 e. The van der Waals surface area contributed by atoms with E-state index in [-0.39, 0.29) is 0 Å². The highest BCUT2D eigenvalue weighted by Gasteiger charge is 2.29. The number of ether oxygens (including phenoxy) is 1. The molecule has 0 spiro atoms. The second-order valence-electron chi connectivity index (χ2n) is 4.29. The average Bonchev–Trinajstić information content (AvgIpc) is 2.77. The lowest BCUT2D eigenvalue weighted by Gasteiger charge is -2.40. The van der Waals surface area contributed by atoms with Crippen molar-refractivity contribution in [2.24, 2.45) is 5.73 Å². The molecule has 2 rings (SSSR count). The van der Waals surface area contributed by atoms with Crippen LogP contribution in [-0.2, 0) is 4.74 Å². The summed E-state index contributed by atoms with van der Waals surface area (Å²) < 4.78 is 6.70. The highest BCUT2D eigenvalue weighted by atomic mass is 79.9. The summed E-state index contributed by atoms with van der Waals surface area (Å²) in [6.45, 7) is 5.52. The zero-order chi connectivity index (χ0) is 12.3. The van der Waals surface area contributed by atoms with Gasteiger partial charge >= 0.3 is 0 Å². The second kappa shape index (κ2) is 6.29. The van der Waals surface area contributed by atoms with Gasteiger partial charge in [0.05, 0.1) is 19.3 Å². The third-order valence-corrected chi connectivity index (χ3v) is 5.08. The Hall–Kier alpha value is 0.0600. The van der Waals surface area contributed by atoms with E-state index in [0.29, 0.717) is 18.6 Å². The molecule has 2 atom stereocenters. The van der Waals surface area contributed by atoms with Crippen LogP contribution in [0.4, 0.5) is 0 Å². The predicted octanol–water partition coefficient (Wildman–Crippen LogP) is 2.62. The molecule has 0 bridgehead atoms. The predicted molar refractivity (Wildman–Crippen MR) is 75.4 cm³/mol. The average molecular weight is 319 g/mol. The minimum atomic E-state index is 0.333. The smallest absolute Gasteiger partial charge is 0.0622 e. The fourth-order valence-electron chi connectivity index (χ4n) is 2.35. The lowest BCUT2D eigenvalue weighted by Crippen LogP contribution is -2.48. The summed E-state index contributed by atoms with van der Waals surface area (Å²) in [5.74, 6) is 0. The molecule has 1 fully saturated rings. The molecule has 1 aromatic rings. The van der Waals surface area contributed by atoms with Crippen LogP contribution in [0.2, 0.25) is 0 Å². The molecular formula is C12H19BrN2OS.